The average Bonchev–Trinajstić information content (AvgIpc) is 3.00. The van der Waals surface area contributed by atoms with Crippen molar-refractivity contribution in [2.24, 2.45) is 11.8 Å². The maximum absolute atomic E-state index is 14.0. The Kier molecular flexibility index (Phi) is 2.84. The van der Waals surface area contributed by atoms with Gasteiger partial charge in [0.25, 0.3) is 5.91 Å². The Morgan fingerprint density at radius 3 is 2.78 bits per heavy atom. The van der Waals surface area contributed by atoms with Crippen molar-refractivity contribution in [3.63, 3.8) is 0 Å². The molecule has 3 rings (SSSR count). The van der Waals surface area contributed by atoms with E-state index in [9.17, 15) is 9.18 Å². The van der Waals surface area contributed by atoms with E-state index in [2.05, 4.69) is 5.32 Å². The molecule has 1 N–H and O–H groups in total. The monoisotopic (exact) mass is 247 g/mol. The van der Waals surface area contributed by atoms with E-state index >= 15 is 0 Å². The van der Waals surface area contributed by atoms with Crippen molar-refractivity contribution in [3.8, 4) is 0 Å². The van der Waals surface area contributed by atoms with Gasteiger partial charge in [-0.25, -0.2) is 4.39 Å². The molecule has 0 saturated heterocycles. The summed E-state index contributed by atoms with van der Waals surface area (Å²) in [4.78, 5) is 11.6. The Hall–Kier alpha value is -1.38. The maximum Gasteiger partial charge on any atom is 0.251 e. The molecule has 0 aromatic heterocycles. The zero-order valence-corrected chi connectivity index (χ0v) is 10.6. The molecule has 0 radical (unpaired) electrons. The van der Waals surface area contributed by atoms with E-state index in [1.54, 1.807) is 19.2 Å². The average molecular weight is 247 g/mol. The van der Waals surface area contributed by atoms with Crippen LogP contribution >= 0.6 is 0 Å². The van der Waals surface area contributed by atoms with Crippen LogP contribution in [0.5, 0.6) is 0 Å². The smallest absolute Gasteiger partial charge is 0.251 e. The molecule has 18 heavy (non-hydrogen) atoms. The summed E-state index contributed by atoms with van der Waals surface area (Å²) in [6, 6.07) is 4.75. The molecule has 3 unspecified atom stereocenters. The van der Waals surface area contributed by atoms with Crippen LogP contribution in [0.25, 0.3) is 0 Å². The largest absolute Gasteiger partial charge is 0.355 e. The quantitative estimate of drug-likeness (QED) is 0.855. The number of benzene rings is 1. The van der Waals surface area contributed by atoms with Crippen LogP contribution in [0.3, 0.4) is 0 Å². The number of carbonyl (C=O) groups excluding carboxylic acids is 1. The number of hydrogen-bond donors (Lipinski definition) is 1. The van der Waals surface area contributed by atoms with Crippen molar-refractivity contribution in [2.75, 3.05) is 7.05 Å². The lowest BCUT2D eigenvalue weighted by Gasteiger charge is -2.22. The van der Waals surface area contributed by atoms with Crippen LogP contribution in [0.15, 0.2) is 18.2 Å². The molecule has 2 aliphatic rings. The molecule has 2 fully saturated rings. The van der Waals surface area contributed by atoms with Crippen LogP contribution in [-0.2, 0) is 0 Å². The Morgan fingerprint density at radius 2 is 2.17 bits per heavy atom. The summed E-state index contributed by atoms with van der Waals surface area (Å²) in [6.07, 6.45) is 4.87. The fraction of sp³-hybridized carbons (Fsp3) is 0.533. The minimum Gasteiger partial charge on any atom is -0.355 e. The number of nitrogens with one attached hydrogen (secondary N) is 1. The van der Waals surface area contributed by atoms with Crippen molar-refractivity contribution in [1.29, 1.82) is 0 Å². The van der Waals surface area contributed by atoms with Crippen LogP contribution in [0.4, 0.5) is 4.39 Å². The fourth-order valence-electron chi connectivity index (χ4n) is 3.74. The van der Waals surface area contributed by atoms with Gasteiger partial charge < -0.3 is 5.32 Å². The molecule has 96 valence electrons. The number of fused-ring (bicyclic) bond motifs is 2. The van der Waals surface area contributed by atoms with E-state index in [4.69, 9.17) is 0 Å². The standard InChI is InChI=1S/C15H18FNO/c1-17-15(18)11-4-5-14(16)13(8-11)12-7-9-2-3-10(12)6-9/h4-5,8-10,12H,2-3,6-7H2,1H3,(H,17,18). The summed E-state index contributed by atoms with van der Waals surface area (Å²) in [5.74, 6) is 1.44. The highest BCUT2D eigenvalue weighted by atomic mass is 19.1. The van der Waals surface area contributed by atoms with Gasteiger partial charge in [0.05, 0.1) is 0 Å². The van der Waals surface area contributed by atoms with Crippen molar-refractivity contribution in [1.82, 2.24) is 5.32 Å². The van der Waals surface area contributed by atoms with E-state index in [1.807, 2.05) is 0 Å². The Morgan fingerprint density at radius 1 is 1.33 bits per heavy atom. The zero-order valence-electron chi connectivity index (χ0n) is 10.6. The maximum atomic E-state index is 14.0. The molecule has 2 aliphatic carbocycles. The van der Waals surface area contributed by atoms with Gasteiger partial charge in [0, 0.05) is 12.6 Å². The fourth-order valence-corrected chi connectivity index (χ4v) is 3.74. The van der Waals surface area contributed by atoms with Crippen molar-refractivity contribution in [3.05, 3.63) is 35.1 Å². The highest BCUT2D eigenvalue weighted by molar-refractivity contribution is 5.94. The number of carbonyl (C=O) groups is 1. The second-order valence-electron chi connectivity index (χ2n) is 5.60. The molecule has 0 spiro atoms. The second-order valence-corrected chi connectivity index (χ2v) is 5.60. The van der Waals surface area contributed by atoms with E-state index in [-0.39, 0.29) is 11.7 Å². The summed E-state index contributed by atoms with van der Waals surface area (Å²) in [7, 11) is 1.60. The van der Waals surface area contributed by atoms with Crippen LogP contribution in [0.2, 0.25) is 0 Å². The summed E-state index contributed by atoms with van der Waals surface area (Å²) in [5, 5.41) is 2.59. The van der Waals surface area contributed by atoms with Gasteiger partial charge in [0.1, 0.15) is 5.82 Å². The summed E-state index contributed by atoms with van der Waals surface area (Å²) < 4.78 is 14.0. The third-order valence-electron chi connectivity index (χ3n) is 4.62. The third kappa shape index (κ3) is 1.82. The van der Waals surface area contributed by atoms with Gasteiger partial charge in [-0.1, -0.05) is 6.42 Å². The number of amides is 1. The topological polar surface area (TPSA) is 29.1 Å². The van der Waals surface area contributed by atoms with E-state index in [0.29, 0.717) is 17.4 Å². The highest BCUT2D eigenvalue weighted by Gasteiger charge is 2.41. The molecule has 1 aromatic carbocycles. The van der Waals surface area contributed by atoms with Gasteiger partial charge in [0.15, 0.2) is 0 Å². The van der Waals surface area contributed by atoms with Crippen molar-refractivity contribution < 1.29 is 9.18 Å². The Labute approximate surface area is 107 Å². The molecule has 1 aromatic rings. The number of rotatable bonds is 2. The van der Waals surface area contributed by atoms with Gasteiger partial charge in [0.2, 0.25) is 0 Å². The molecule has 2 bridgehead atoms. The lowest BCUT2D eigenvalue weighted by Crippen LogP contribution is -2.19. The van der Waals surface area contributed by atoms with Crippen LogP contribution in [0, 0.1) is 17.7 Å². The molecule has 3 atom stereocenters. The molecule has 0 aliphatic heterocycles. The molecular weight excluding hydrogens is 229 g/mol. The predicted octanol–water partition coefficient (Wildman–Crippen LogP) is 3.09. The van der Waals surface area contributed by atoms with Gasteiger partial charge in [-0.3, -0.25) is 4.79 Å². The summed E-state index contributed by atoms with van der Waals surface area (Å²) in [6.45, 7) is 0. The van der Waals surface area contributed by atoms with Crippen molar-refractivity contribution in [2.45, 2.75) is 31.6 Å². The first-order chi connectivity index (χ1) is 8.69. The molecule has 1 amide bonds. The van der Waals surface area contributed by atoms with E-state index in [0.717, 1.165) is 17.9 Å². The van der Waals surface area contributed by atoms with Crippen LogP contribution < -0.4 is 5.32 Å². The first-order valence-corrected chi connectivity index (χ1v) is 6.70. The van der Waals surface area contributed by atoms with Gasteiger partial charge in [-0.2, -0.15) is 0 Å². The SMILES string of the molecule is CNC(=O)c1ccc(F)c(C2CC3CCC2C3)c1. The Bertz CT molecular complexity index is 485. The van der Waals surface area contributed by atoms with Gasteiger partial charge in [-0.05, 0) is 60.8 Å². The molecule has 0 heterocycles. The zero-order chi connectivity index (χ0) is 12.7. The summed E-state index contributed by atoms with van der Waals surface area (Å²) in [5.41, 5.74) is 1.32. The molecular formula is C15H18FNO. The second kappa shape index (κ2) is 4.38. The summed E-state index contributed by atoms with van der Waals surface area (Å²) >= 11 is 0. The molecule has 2 saturated carbocycles. The van der Waals surface area contributed by atoms with Gasteiger partial charge in [-0.15, -0.1) is 0 Å². The van der Waals surface area contributed by atoms with Gasteiger partial charge >= 0.3 is 0 Å². The first kappa shape index (κ1) is 11.7. The normalized spacial score (nSPS) is 29.6. The lowest BCUT2D eigenvalue weighted by molar-refractivity contribution is 0.0963. The lowest BCUT2D eigenvalue weighted by atomic mass is 9.82. The minimum atomic E-state index is -0.153. The first-order valence-electron chi connectivity index (χ1n) is 6.70. The van der Waals surface area contributed by atoms with Crippen LogP contribution in [0.1, 0.15) is 47.5 Å². The Balaban J connectivity index is 1.93. The molecule has 2 nitrogen and oxygen atoms in total. The van der Waals surface area contributed by atoms with E-state index in [1.165, 1.54) is 25.3 Å². The highest BCUT2D eigenvalue weighted by Crippen LogP contribution is 2.53. The van der Waals surface area contributed by atoms with Crippen molar-refractivity contribution >= 4 is 5.91 Å². The number of hydrogen-bond acceptors (Lipinski definition) is 1. The predicted molar refractivity (Wildman–Crippen MR) is 68.0 cm³/mol. The minimum absolute atomic E-state index is 0.139. The van der Waals surface area contributed by atoms with E-state index < -0.39 is 0 Å². The number of halogens is 1. The molecule has 3 heteroatoms. The third-order valence-corrected chi connectivity index (χ3v) is 4.62. The van der Waals surface area contributed by atoms with Crippen LogP contribution in [-0.4, -0.2) is 13.0 Å².